The average molecular weight is 244 g/mol. The molecule has 0 spiro atoms. The molecule has 1 N–H and O–H groups in total. The number of aliphatic carboxylic acids is 1. The van der Waals surface area contributed by atoms with E-state index in [9.17, 15) is 9.59 Å². The van der Waals surface area contributed by atoms with Gasteiger partial charge in [-0.25, -0.2) is 0 Å². The molecule has 0 aliphatic rings. The van der Waals surface area contributed by atoms with E-state index in [4.69, 9.17) is 9.84 Å². The van der Waals surface area contributed by atoms with Crippen LogP contribution in [0.4, 0.5) is 0 Å². The minimum absolute atomic E-state index is 0.0529. The zero-order valence-corrected chi connectivity index (χ0v) is 11.7. The second-order valence-corrected chi connectivity index (χ2v) is 6.65. The highest BCUT2D eigenvalue weighted by Crippen LogP contribution is 2.25. The fourth-order valence-electron chi connectivity index (χ4n) is 1.35. The Kier molecular flexibility index (Phi) is 5.17. The molecule has 1 unspecified atom stereocenters. The van der Waals surface area contributed by atoms with Gasteiger partial charge in [0.15, 0.2) is 0 Å². The number of hydrogen-bond acceptors (Lipinski definition) is 3. The van der Waals surface area contributed by atoms with Gasteiger partial charge in [-0.3, -0.25) is 9.59 Å². The van der Waals surface area contributed by atoms with Crippen molar-refractivity contribution >= 4 is 11.9 Å². The Labute approximate surface area is 103 Å². The molecule has 0 bridgehead atoms. The number of rotatable bonds is 4. The predicted octanol–water partition coefficient (Wildman–Crippen LogP) is 2.71. The van der Waals surface area contributed by atoms with Gasteiger partial charge >= 0.3 is 11.9 Å². The molecule has 0 radical (unpaired) electrons. The van der Waals surface area contributed by atoms with Gasteiger partial charge in [0.2, 0.25) is 0 Å². The van der Waals surface area contributed by atoms with Crippen LogP contribution < -0.4 is 0 Å². The quantitative estimate of drug-likeness (QED) is 0.772. The normalized spacial score (nSPS) is 14.2. The number of carbonyl (C=O) groups is 2. The molecule has 1 atom stereocenters. The van der Waals surface area contributed by atoms with Crippen LogP contribution in [0.5, 0.6) is 0 Å². The predicted molar refractivity (Wildman–Crippen MR) is 65.6 cm³/mol. The molecule has 0 aromatic heterocycles. The Hall–Kier alpha value is -1.06. The van der Waals surface area contributed by atoms with Gasteiger partial charge in [0.25, 0.3) is 0 Å². The van der Waals surface area contributed by atoms with Crippen molar-refractivity contribution in [3.05, 3.63) is 0 Å². The van der Waals surface area contributed by atoms with Gasteiger partial charge in [-0.2, -0.15) is 0 Å². The highest BCUT2D eigenvalue weighted by Gasteiger charge is 2.29. The molecule has 0 saturated heterocycles. The topological polar surface area (TPSA) is 63.6 Å². The lowest BCUT2D eigenvalue weighted by Gasteiger charge is -2.24. The minimum Gasteiger partial charge on any atom is -0.481 e. The Morgan fingerprint density at radius 1 is 1.12 bits per heavy atom. The summed E-state index contributed by atoms with van der Waals surface area (Å²) in [5.41, 5.74) is -0.692. The second kappa shape index (κ2) is 5.52. The van der Waals surface area contributed by atoms with Crippen LogP contribution in [0.15, 0.2) is 0 Å². The lowest BCUT2D eigenvalue weighted by Crippen LogP contribution is -2.30. The third-order valence-electron chi connectivity index (χ3n) is 2.24. The molecule has 4 nitrogen and oxygen atoms in total. The average Bonchev–Trinajstić information content (AvgIpc) is 2.07. The summed E-state index contributed by atoms with van der Waals surface area (Å²) in [5.74, 6) is -1.92. The third kappa shape index (κ3) is 6.97. The number of carboxylic acids is 1. The zero-order valence-electron chi connectivity index (χ0n) is 11.7. The van der Waals surface area contributed by atoms with Gasteiger partial charge < -0.3 is 9.84 Å². The van der Waals surface area contributed by atoms with Gasteiger partial charge in [-0.05, 0) is 32.6 Å². The van der Waals surface area contributed by atoms with Crippen LogP contribution in [0, 0.1) is 16.7 Å². The van der Waals surface area contributed by atoms with Gasteiger partial charge in [0.05, 0.1) is 11.3 Å². The first-order chi connectivity index (χ1) is 7.43. The van der Waals surface area contributed by atoms with Gasteiger partial charge in [-0.15, -0.1) is 0 Å². The molecule has 0 saturated carbocycles. The number of carboxylic acid groups (broad SMARTS) is 1. The largest absolute Gasteiger partial charge is 0.481 e. The smallest absolute Gasteiger partial charge is 0.311 e. The van der Waals surface area contributed by atoms with E-state index in [1.165, 1.54) is 0 Å². The van der Waals surface area contributed by atoms with Crippen molar-refractivity contribution in [1.82, 2.24) is 0 Å². The lowest BCUT2D eigenvalue weighted by atomic mass is 9.85. The highest BCUT2D eigenvalue weighted by molar-refractivity contribution is 5.76. The summed E-state index contributed by atoms with van der Waals surface area (Å²) < 4.78 is 5.06. The van der Waals surface area contributed by atoms with E-state index >= 15 is 0 Å². The number of esters is 1. The first-order valence-corrected chi connectivity index (χ1v) is 5.83. The van der Waals surface area contributed by atoms with Crippen molar-refractivity contribution < 1.29 is 19.4 Å². The first-order valence-electron chi connectivity index (χ1n) is 5.83. The number of carbonyl (C=O) groups excluding carboxylic acids is 1. The van der Waals surface area contributed by atoms with Gasteiger partial charge in [0, 0.05) is 0 Å². The summed E-state index contributed by atoms with van der Waals surface area (Å²) in [6.07, 6.45) is 0.486. The van der Waals surface area contributed by atoms with E-state index in [1.54, 1.807) is 20.8 Å². The van der Waals surface area contributed by atoms with Crippen molar-refractivity contribution in [2.24, 2.45) is 16.7 Å². The second-order valence-electron chi connectivity index (χ2n) is 6.65. The summed E-state index contributed by atoms with van der Waals surface area (Å²) >= 11 is 0. The van der Waals surface area contributed by atoms with Crippen molar-refractivity contribution in [2.45, 2.75) is 48.0 Å². The molecule has 0 rings (SSSR count). The van der Waals surface area contributed by atoms with Crippen LogP contribution in [-0.4, -0.2) is 23.7 Å². The van der Waals surface area contributed by atoms with Crippen LogP contribution in [-0.2, 0) is 14.3 Å². The maximum absolute atomic E-state index is 11.5. The molecule has 0 aromatic rings. The summed E-state index contributed by atoms with van der Waals surface area (Å²) in [7, 11) is 0. The molecule has 0 heterocycles. The van der Waals surface area contributed by atoms with Crippen molar-refractivity contribution in [1.29, 1.82) is 0 Å². The number of ether oxygens (including phenoxy) is 1. The third-order valence-corrected chi connectivity index (χ3v) is 2.24. The first kappa shape index (κ1) is 15.9. The SMILES string of the molecule is CC(C)(C)CC(COC(=O)C(C)(C)C)C(=O)O. The van der Waals surface area contributed by atoms with E-state index in [0.29, 0.717) is 6.42 Å². The molecular formula is C13H24O4. The summed E-state index contributed by atoms with van der Waals surface area (Å²) in [6.45, 7) is 11.1. The Bertz CT molecular complexity index is 281. The minimum atomic E-state index is -0.915. The molecule has 0 fully saturated rings. The van der Waals surface area contributed by atoms with Crippen molar-refractivity contribution in [3.63, 3.8) is 0 Å². The zero-order chi connectivity index (χ0) is 13.9. The van der Waals surface area contributed by atoms with E-state index in [0.717, 1.165) is 0 Å². The summed E-state index contributed by atoms with van der Waals surface area (Å²) in [6, 6.07) is 0. The number of hydrogen-bond donors (Lipinski definition) is 1. The van der Waals surface area contributed by atoms with Crippen LogP contribution in [0.3, 0.4) is 0 Å². The van der Waals surface area contributed by atoms with Gasteiger partial charge in [-0.1, -0.05) is 20.8 Å². The molecule has 0 aromatic carbocycles. The summed E-state index contributed by atoms with van der Waals surface area (Å²) in [5, 5.41) is 9.06. The molecule has 17 heavy (non-hydrogen) atoms. The van der Waals surface area contributed by atoms with E-state index in [1.807, 2.05) is 20.8 Å². The molecule has 0 aliphatic carbocycles. The van der Waals surface area contributed by atoms with Crippen LogP contribution in [0.25, 0.3) is 0 Å². The molecular weight excluding hydrogens is 220 g/mol. The summed E-state index contributed by atoms with van der Waals surface area (Å²) in [4.78, 5) is 22.6. The van der Waals surface area contributed by atoms with E-state index < -0.39 is 17.3 Å². The fourth-order valence-corrected chi connectivity index (χ4v) is 1.35. The van der Waals surface area contributed by atoms with Crippen LogP contribution >= 0.6 is 0 Å². The Morgan fingerprint density at radius 2 is 1.59 bits per heavy atom. The maximum atomic E-state index is 11.5. The molecule has 0 aliphatic heterocycles. The molecule has 100 valence electrons. The molecule has 4 heteroatoms. The van der Waals surface area contributed by atoms with Crippen LogP contribution in [0.2, 0.25) is 0 Å². The Morgan fingerprint density at radius 3 is 1.88 bits per heavy atom. The lowest BCUT2D eigenvalue weighted by molar-refractivity contribution is -0.158. The Balaban J connectivity index is 4.40. The van der Waals surface area contributed by atoms with Crippen molar-refractivity contribution in [2.75, 3.05) is 6.61 Å². The fraction of sp³-hybridized carbons (Fsp3) is 0.846. The molecule has 0 amide bonds. The maximum Gasteiger partial charge on any atom is 0.311 e. The monoisotopic (exact) mass is 244 g/mol. The standard InChI is InChI=1S/C13H24O4/c1-12(2,3)7-9(10(14)15)8-17-11(16)13(4,5)6/h9H,7-8H2,1-6H3,(H,14,15). The van der Waals surface area contributed by atoms with Crippen LogP contribution in [0.1, 0.15) is 48.0 Å². The van der Waals surface area contributed by atoms with Crippen molar-refractivity contribution in [3.8, 4) is 0 Å². The van der Waals surface area contributed by atoms with Gasteiger partial charge in [0.1, 0.15) is 6.61 Å². The van der Waals surface area contributed by atoms with E-state index in [-0.39, 0.29) is 18.0 Å². The van der Waals surface area contributed by atoms with E-state index in [2.05, 4.69) is 0 Å². The highest BCUT2D eigenvalue weighted by atomic mass is 16.5.